The smallest absolute Gasteiger partial charge is 0.408 e. The topological polar surface area (TPSA) is 128 Å². The number of ether oxygens (including phenoxy) is 2. The van der Waals surface area contributed by atoms with Crippen molar-refractivity contribution in [1.82, 2.24) is 10.2 Å². The maximum Gasteiger partial charge on any atom is 0.408 e. The Morgan fingerprint density at radius 2 is 1.28 bits per heavy atom. The SMILES string of the molecule is COC(=O)C(C)CP(=O)(OC(c1ccccc1)c1ccccc1)C(CCCCN1C(=O)c2ccccc2C1=O)NC(=O)OCc1ccccc1. The van der Waals surface area contributed by atoms with Gasteiger partial charge in [0.15, 0.2) is 0 Å². The molecule has 0 aliphatic carbocycles. The summed E-state index contributed by atoms with van der Waals surface area (Å²) in [7, 11) is -2.73. The Hall–Kier alpha value is -5.05. The van der Waals surface area contributed by atoms with E-state index in [0.29, 0.717) is 24.0 Å². The Balaban J connectivity index is 1.42. The summed E-state index contributed by atoms with van der Waals surface area (Å²) in [4.78, 5) is 53.1. The van der Waals surface area contributed by atoms with E-state index in [4.69, 9.17) is 14.0 Å². The quantitative estimate of drug-likeness (QED) is 0.0549. The first kappa shape index (κ1) is 36.2. The van der Waals surface area contributed by atoms with Crippen molar-refractivity contribution in [1.29, 1.82) is 0 Å². The van der Waals surface area contributed by atoms with Gasteiger partial charge >= 0.3 is 12.1 Å². The zero-order valence-electron chi connectivity index (χ0n) is 28.1. The zero-order valence-corrected chi connectivity index (χ0v) is 29.0. The largest absolute Gasteiger partial charge is 0.469 e. The second-order valence-electron chi connectivity index (χ2n) is 12.2. The molecule has 1 N–H and O–H groups in total. The predicted molar refractivity (Wildman–Crippen MR) is 189 cm³/mol. The van der Waals surface area contributed by atoms with Crippen LogP contribution in [0.15, 0.2) is 115 Å². The van der Waals surface area contributed by atoms with Crippen molar-refractivity contribution in [3.63, 3.8) is 0 Å². The normalized spacial score (nSPS) is 14.8. The van der Waals surface area contributed by atoms with Crippen molar-refractivity contribution in [2.45, 2.75) is 44.7 Å². The van der Waals surface area contributed by atoms with Crippen molar-refractivity contribution in [3.8, 4) is 0 Å². The second-order valence-corrected chi connectivity index (χ2v) is 14.8. The lowest BCUT2D eigenvalue weighted by Gasteiger charge is -2.33. The van der Waals surface area contributed by atoms with Gasteiger partial charge in [0, 0.05) is 12.7 Å². The monoisotopic (exact) mass is 696 g/mol. The number of esters is 1. The van der Waals surface area contributed by atoms with Gasteiger partial charge in [0.1, 0.15) is 18.5 Å². The van der Waals surface area contributed by atoms with Gasteiger partial charge in [0.2, 0.25) is 7.37 Å². The number of methoxy groups -OCH3 is 1. The van der Waals surface area contributed by atoms with Crippen LogP contribution in [0.25, 0.3) is 0 Å². The molecule has 3 unspecified atom stereocenters. The van der Waals surface area contributed by atoms with Crippen LogP contribution in [-0.4, -0.2) is 54.4 Å². The van der Waals surface area contributed by atoms with Crippen LogP contribution in [0.5, 0.6) is 0 Å². The van der Waals surface area contributed by atoms with Crippen LogP contribution < -0.4 is 5.32 Å². The van der Waals surface area contributed by atoms with Gasteiger partial charge in [-0.1, -0.05) is 110 Å². The lowest BCUT2D eigenvalue weighted by molar-refractivity contribution is -0.144. The number of unbranched alkanes of at least 4 members (excludes halogenated alkanes) is 1. The first-order chi connectivity index (χ1) is 24.2. The van der Waals surface area contributed by atoms with Crippen molar-refractivity contribution in [2.75, 3.05) is 19.8 Å². The van der Waals surface area contributed by atoms with Gasteiger partial charge in [0.25, 0.3) is 11.8 Å². The number of nitrogens with zero attached hydrogens (tertiary/aromatic N) is 1. The number of alkyl carbamates (subject to hydrolysis) is 1. The minimum Gasteiger partial charge on any atom is -0.469 e. The molecule has 5 rings (SSSR count). The summed E-state index contributed by atoms with van der Waals surface area (Å²) in [5, 5.41) is 2.81. The minimum atomic E-state index is -3.99. The molecule has 4 aromatic carbocycles. The highest BCUT2D eigenvalue weighted by Gasteiger charge is 2.42. The van der Waals surface area contributed by atoms with Gasteiger partial charge < -0.3 is 19.3 Å². The Bertz CT molecular complexity index is 1750. The molecule has 0 radical (unpaired) electrons. The molecule has 0 bridgehead atoms. The van der Waals surface area contributed by atoms with Gasteiger partial charge in [-0.3, -0.25) is 23.8 Å². The molecule has 1 heterocycles. The fraction of sp³-hybridized carbons (Fsp3) is 0.282. The van der Waals surface area contributed by atoms with Gasteiger partial charge in [0.05, 0.1) is 24.2 Å². The average molecular weight is 697 g/mol. The number of carbonyl (C=O) groups excluding carboxylic acids is 4. The molecule has 0 saturated carbocycles. The first-order valence-corrected chi connectivity index (χ1v) is 18.5. The summed E-state index contributed by atoms with van der Waals surface area (Å²) < 4.78 is 32.6. The van der Waals surface area contributed by atoms with Crippen molar-refractivity contribution < 1.29 is 37.7 Å². The van der Waals surface area contributed by atoms with Crippen LogP contribution in [0.4, 0.5) is 4.79 Å². The molecule has 1 aliphatic rings. The van der Waals surface area contributed by atoms with E-state index in [-0.39, 0.29) is 37.5 Å². The second kappa shape index (κ2) is 17.1. The molecule has 0 saturated heterocycles. The molecule has 11 heteroatoms. The maximum absolute atomic E-state index is 15.4. The zero-order chi connectivity index (χ0) is 35.5. The fourth-order valence-corrected chi connectivity index (χ4v) is 8.85. The first-order valence-electron chi connectivity index (χ1n) is 16.6. The van der Waals surface area contributed by atoms with E-state index < -0.39 is 37.2 Å². The van der Waals surface area contributed by atoms with E-state index in [1.807, 2.05) is 91.0 Å². The molecule has 0 fully saturated rings. The molecule has 4 aromatic rings. The summed E-state index contributed by atoms with van der Waals surface area (Å²) in [6, 6.07) is 34.4. The number of hydrogen-bond acceptors (Lipinski definition) is 8. The number of nitrogens with one attached hydrogen (secondary N) is 1. The number of imide groups is 1. The lowest BCUT2D eigenvalue weighted by Crippen LogP contribution is -2.38. The summed E-state index contributed by atoms with van der Waals surface area (Å²) in [5.74, 6) is -3.21. The third-order valence-electron chi connectivity index (χ3n) is 8.58. The van der Waals surface area contributed by atoms with Crippen LogP contribution in [0.2, 0.25) is 0 Å². The molecule has 10 nitrogen and oxygen atoms in total. The molecule has 0 aromatic heterocycles. The van der Waals surface area contributed by atoms with E-state index in [1.54, 1.807) is 31.2 Å². The van der Waals surface area contributed by atoms with E-state index >= 15 is 4.57 Å². The van der Waals surface area contributed by atoms with E-state index in [2.05, 4.69) is 5.32 Å². The third-order valence-corrected chi connectivity index (χ3v) is 11.5. The molecule has 50 heavy (non-hydrogen) atoms. The maximum atomic E-state index is 15.4. The number of carbonyl (C=O) groups is 4. The van der Waals surface area contributed by atoms with Gasteiger partial charge in [-0.25, -0.2) is 4.79 Å². The van der Waals surface area contributed by atoms with E-state index in [9.17, 15) is 19.2 Å². The highest BCUT2D eigenvalue weighted by Crippen LogP contribution is 2.58. The number of amides is 3. The van der Waals surface area contributed by atoms with Gasteiger partial charge in [-0.05, 0) is 48.1 Å². The summed E-state index contributed by atoms with van der Waals surface area (Å²) in [6.07, 6.45) is -0.946. The summed E-state index contributed by atoms with van der Waals surface area (Å²) in [5.41, 5.74) is 2.97. The molecular formula is C39H41N2O8P. The number of benzene rings is 4. The average Bonchev–Trinajstić information content (AvgIpc) is 3.39. The van der Waals surface area contributed by atoms with Crippen LogP contribution in [0.1, 0.15) is 69.7 Å². The van der Waals surface area contributed by atoms with Crippen LogP contribution in [0.3, 0.4) is 0 Å². The van der Waals surface area contributed by atoms with Crippen molar-refractivity contribution in [3.05, 3.63) is 143 Å². The molecule has 260 valence electrons. The molecule has 1 aliphatic heterocycles. The Morgan fingerprint density at radius 3 is 1.82 bits per heavy atom. The summed E-state index contributed by atoms with van der Waals surface area (Å²) >= 11 is 0. The number of hydrogen-bond donors (Lipinski definition) is 1. The fourth-order valence-electron chi connectivity index (χ4n) is 5.97. The molecular weight excluding hydrogens is 655 g/mol. The van der Waals surface area contributed by atoms with Crippen LogP contribution in [0, 0.1) is 5.92 Å². The van der Waals surface area contributed by atoms with E-state index in [1.165, 1.54) is 12.0 Å². The third kappa shape index (κ3) is 8.94. The Morgan fingerprint density at radius 1 is 0.760 bits per heavy atom. The minimum absolute atomic E-state index is 0.0144. The standard InChI is InChI=1S/C39H41N2O8P/c1-28(38(44)47-2)27-50(46,49-35(30-18-8-4-9-19-30)31-20-10-5-11-21-31)34(40-39(45)48-26-29-16-6-3-7-17-29)24-14-15-25-41-36(42)32-22-12-13-23-33(32)37(41)43/h3-13,16-23,28,34-35H,14-15,24-27H2,1-2H3,(H,40,45). The highest BCUT2D eigenvalue weighted by molar-refractivity contribution is 7.59. The molecule has 3 amide bonds. The highest BCUT2D eigenvalue weighted by atomic mass is 31.2. The van der Waals surface area contributed by atoms with Crippen molar-refractivity contribution >= 4 is 31.2 Å². The van der Waals surface area contributed by atoms with E-state index in [0.717, 1.165) is 16.7 Å². The molecule has 0 spiro atoms. The predicted octanol–water partition coefficient (Wildman–Crippen LogP) is 7.60. The summed E-state index contributed by atoms with van der Waals surface area (Å²) in [6.45, 7) is 1.73. The van der Waals surface area contributed by atoms with Crippen LogP contribution >= 0.6 is 7.37 Å². The number of rotatable bonds is 16. The number of fused-ring (bicyclic) bond motifs is 1. The van der Waals surface area contributed by atoms with Gasteiger partial charge in [-0.15, -0.1) is 0 Å². The van der Waals surface area contributed by atoms with Crippen LogP contribution in [-0.2, 0) is 30.0 Å². The van der Waals surface area contributed by atoms with Crippen molar-refractivity contribution in [2.24, 2.45) is 5.92 Å². The molecule has 3 atom stereocenters. The Labute approximate surface area is 292 Å². The van der Waals surface area contributed by atoms with Gasteiger partial charge in [-0.2, -0.15) is 0 Å². The Kier molecular flexibility index (Phi) is 12.4. The lowest BCUT2D eigenvalue weighted by atomic mass is 10.0.